The van der Waals surface area contributed by atoms with Crippen LogP contribution >= 0.6 is 11.3 Å². The number of benzene rings is 6. The number of pyridine rings is 2. The first-order valence-electron chi connectivity index (χ1n) is 15.8. The summed E-state index contributed by atoms with van der Waals surface area (Å²) < 4.78 is 13.5. The van der Waals surface area contributed by atoms with E-state index in [4.69, 9.17) is 9.72 Å². The maximum Gasteiger partial charge on any atom is 2.00 e. The van der Waals surface area contributed by atoms with E-state index >= 15 is 0 Å². The summed E-state index contributed by atoms with van der Waals surface area (Å²) in [4.78, 5) is 9.80. The molecule has 0 fully saturated rings. The molecule has 0 saturated heterocycles. The van der Waals surface area contributed by atoms with Crippen molar-refractivity contribution >= 4 is 91.7 Å². The fraction of sp³-hybridized carbons (Fsp3) is 0. The fourth-order valence-electron chi connectivity index (χ4n) is 7.31. The zero-order valence-corrected chi connectivity index (χ0v) is 28.7. The molecule has 0 amide bonds. The first-order valence-corrected chi connectivity index (χ1v) is 16.7. The van der Waals surface area contributed by atoms with Crippen LogP contribution in [0.4, 0.5) is 0 Å². The summed E-state index contributed by atoms with van der Waals surface area (Å²) in [6.45, 7) is 0. The Bertz CT molecular complexity index is 3110. The zero-order valence-electron chi connectivity index (χ0n) is 25.6. The first kappa shape index (κ1) is 28.5. The summed E-state index contributed by atoms with van der Waals surface area (Å²) in [7, 11) is 0. The number of thiophene rings is 1. The molecule has 0 aliphatic heterocycles. The van der Waals surface area contributed by atoms with E-state index in [0.29, 0.717) is 11.5 Å². The number of aromatic nitrogens is 4. The van der Waals surface area contributed by atoms with Crippen molar-refractivity contribution in [1.29, 1.82) is 0 Å². The Morgan fingerprint density at radius 1 is 0.571 bits per heavy atom. The second-order valence-electron chi connectivity index (χ2n) is 12.1. The fourth-order valence-corrected chi connectivity index (χ4v) is 8.44. The number of fused-ring (bicyclic) bond motifs is 14. The second-order valence-corrected chi connectivity index (χ2v) is 13.1. The SMILES string of the molecule is [Pt+2].[c-]1c(Oc2[c-]c3c(cc2)c2ccccc2n3-c2ccccn2)ccc2c1c1nc3ccccc3n1c1cc3c(cc21)sc1ccccc13. The summed E-state index contributed by atoms with van der Waals surface area (Å²) in [5, 5.41) is 7.95. The molecular formula is C42H22N4OPtS. The maximum absolute atomic E-state index is 6.55. The van der Waals surface area contributed by atoms with Gasteiger partial charge in [-0.1, -0.05) is 77.0 Å². The summed E-state index contributed by atoms with van der Waals surface area (Å²) >= 11 is 1.83. The van der Waals surface area contributed by atoms with Crippen LogP contribution in [-0.4, -0.2) is 18.9 Å². The van der Waals surface area contributed by atoms with Gasteiger partial charge in [-0.2, -0.15) is 6.07 Å². The number of nitrogens with zero attached hydrogens (tertiary/aromatic N) is 4. The van der Waals surface area contributed by atoms with Crippen LogP contribution in [0.25, 0.3) is 86.2 Å². The van der Waals surface area contributed by atoms with E-state index in [-0.39, 0.29) is 21.1 Å². The molecule has 5 heterocycles. The average Bonchev–Trinajstić information content (AvgIpc) is 3.81. The molecule has 5 nitrogen and oxygen atoms in total. The molecule has 0 aliphatic carbocycles. The molecule has 11 rings (SSSR count). The molecule has 0 aliphatic rings. The van der Waals surface area contributed by atoms with Gasteiger partial charge in [0.15, 0.2) is 0 Å². The Balaban J connectivity index is 0.00000306. The average molecular weight is 826 g/mol. The van der Waals surface area contributed by atoms with Gasteiger partial charge in [-0.3, -0.25) is 4.98 Å². The molecule has 0 spiro atoms. The molecule has 0 radical (unpaired) electrons. The van der Waals surface area contributed by atoms with Crippen molar-refractivity contribution in [2.45, 2.75) is 0 Å². The molecule has 0 unspecified atom stereocenters. The third-order valence-corrected chi connectivity index (χ3v) is 10.5. The smallest absolute Gasteiger partial charge is 0.503 e. The summed E-state index contributed by atoms with van der Waals surface area (Å²) in [5.74, 6) is 2.05. The van der Waals surface area contributed by atoms with Crippen LogP contribution in [0.15, 0.2) is 134 Å². The molecule has 0 saturated carbocycles. The standard InChI is InChI=1S/C42H22N4OS.Pt/c1-4-12-35-28(9-1)29-19-17-26(22-37(29)45(35)41-15-7-8-20-43-41)47-25-16-18-27-31-24-40-32(30-10-2-6-14-39(30)48-40)23-38(31)46-36-13-5-3-11-34(36)44-42(46)33(27)21-25;/h1-20,23-24H;/q-2;+2. The number of hydrogen-bond donors (Lipinski definition) is 0. The van der Waals surface area contributed by atoms with Crippen molar-refractivity contribution in [2.24, 2.45) is 0 Å². The number of rotatable bonds is 3. The molecule has 6 aromatic carbocycles. The predicted molar refractivity (Wildman–Crippen MR) is 197 cm³/mol. The molecule has 49 heavy (non-hydrogen) atoms. The van der Waals surface area contributed by atoms with Gasteiger partial charge in [0.25, 0.3) is 0 Å². The van der Waals surface area contributed by atoms with Gasteiger partial charge in [0.05, 0.1) is 16.7 Å². The predicted octanol–water partition coefficient (Wildman–Crippen LogP) is 11.0. The van der Waals surface area contributed by atoms with Crippen LogP contribution in [0.3, 0.4) is 0 Å². The van der Waals surface area contributed by atoms with Gasteiger partial charge in [-0.15, -0.1) is 41.0 Å². The number of hydrogen-bond acceptors (Lipinski definition) is 4. The Kier molecular flexibility index (Phi) is 6.23. The summed E-state index contributed by atoms with van der Waals surface area (Å²) in [5.41, 5.74) is 5.99. The molecule has 7 heteroatoms. The molecule has 11 aromatic rings. The van der Waals surface area contributed by atoms with E-state index in [1.54, 1.807) is 0 Å². The Hall–Kier alpha value is -5.55. The Morgan fingerprint density at radius 2 is 1.33 bits per heavy atom. The van der Waals surface area contributed by atoms with Crippen molar-refractivity contribution in [3.8, 4) is 17.3 Å². The quantitative estimate of drug-likeness (QED) is 0.132. The van der Waals surface area contributed by atoms with Gasteiger partial charge in [0.2, 0.25) is 0 Å². The third-order valence-electron chi connectivity index (χ3n) is 9.38. The van der Waals surface area contributed by atoms with Crippen LogP contribution in [0.2, 0.25) is 0 Å². The van der Waals surface area contributed by atoms with Gasteiger partial charge in [0, 0.05) is 48.9 Å². The molecular weight excluding hydrogens is 804 g/mol. The topological polar surface area (TPSA) is 44.3 Å². The monoisotopic (exact) mass is 825 g/mol. The van der Waals surface area contributed by atoms with E-state index in [9.17, 15) is 0 Å². The van der Waals surface area contributed by atoms with E-state index in [2.05, 4.69) is 117 Å². The number of ether oxygens (including phenoxy) is 1. The van der Waals surface area contributed by atoms with Gasteiger partial charge in [-0.25, -0.2) is 4.98 Å². The van der Waals surface area contributed by atoms with E-state index in [1.165, 1.54) is 20.2 Å². The van der Waals surface area contributed by atoms with E-state index in [1.807, 2.05) is 53.9 Å². The van der Waals surface area contributed by atoms with Crippen LogP contribution in [0.1, 0.15) is 0 Å². The van der Waals surface area contributed by atoms with Crippen molar-refractivity contribution in [1.82, 2.24) is 18.9 Å². The minimum Gasteiger partial charge on any atom is -0.503 e. The maximum atomic E-state index is 6.55. The van der Waals surface area contributed by atoms with Gasteiger partial charge in [-0.05, 0) is 59.3 Å². The molecule has 5 aromatic heterocycles. The van der Waals surface area contributed by atoms with Gasteiger partial charge >= 0.3 is 21.1 Å². The van der Waals surface area contributed by atoms with Crippen LogP contribution in [0.5, 0.6) is 11.5 Å². The minimum absolute atomic E-state index is 0. The zero-order chi connectivity index (χ0) is 31.3. The van der Waals surface area contributed by atoms with Gasteiger partial charge in [0.1, 0.15) is 5.82 Å². The van der Waals surface area contributed by atoms with Crippen molar-refractivity contribution < 1.29 is 25.8 Å². The Morgan fingerprint density at radius 3 is 2.20 bits per heavy atom. The molecule has 0 atom stereocenters. The van der Waals surface area contributed by atoms with E-state index in [0.717, 1.165) is 66.0 Å². The number of para-hydroxylation sites is 3. The summed E-state index contributed by atoms with van der Waals surface area (Å²) in [6, 6.07) is 51.4. The molecule has 232 valence electrons. The van der Waals surface area contributed by atoms with Gasteiger partial charge < -0.3 is 13.7 Å². The van der Waals surface area contributed by atoms with Crippen molar-refractivity contribution in [3.05, 3.63) is 146 Å². The first-order chi connectivity index (χ1) is 23.8. The number of imidazole rings is 1. The van der Waals surface area contributed by atoms with Crippen LogP contribution in [0, 0.1) is 12.1 Å². The third kappa shape index (κ3) is 4.14. The van der Waals surface area contributed by atoms with Crippen molar-refractivity contribution in [3.63, 3.8) is 0 Å². The Labute approximate surface area is 297 Å². The normalized spacial score (nSPS) is 11.9. The van der Waals surface area contributed by atoms with Crippen LogP contribution < -0.4 is 4.74 Å². The molecule has 0 N–H and O–H groups in total. The summed E-state index contributed by atoms with van der Waals surface area (Å²) in [6.07, 6.45) is 1.82. The second kappa shape index (κ2) is 10.7. The van der Waals surface area contributed by atoms with Crippen molar-refractivity contribution in [2.75, 3.05) is 0 Å². The van der Waals surface area contributed by atoms with E-state index < -0.39 is 0 Å². The molecule has 0 bridgehead atoms. The minimum atomic E-state index is 0. The largest absolute Gasteiger partial charge is 2.00 e. The van der Waals surface area contributed by atoms with Crippen LogP contribution in [-0.2, 0) is 21.1 Å².